The zero-order chi connectivity index (χ0) is 12.0. The molecule has 0 atom stereocenters. The van der Waals surface area contributed by atoms with E-state index in [9.17, 15) is 9.18 Å². The standard InChI is InChI=1S/C12H14BrFOS/c1-2-5-16-8-11(15)6-9-3-4-10(13)7-12(9)14/h3-4,7H,2,5-6,8H2,1H3. The number of benzene rings is 1. The highest BCUT2D eigenvalue weighted by atomic mass is 79.9. The van der Waals surface area contributed by atoms with Gasteiger partial charge in [0.1, 0.15) is 11.6 Å². The lowest BCUT2D eigenvalue weighted by molar-refractivity contribution is -0.116. The lowest BCUT2D eigenvalue weighted by Crippen LogP contribution is -2.07. The second-order valence-corrected chi connectivity index (χ2v) is 5.52. The van der Waals surface area contributed by atoms with Crippen molar-refractivity contribution in [2.75, 3.05) is 11.5 Å². The average Bonchev–Trinajstić information content (AvgIpc) is 2.23. The van der Waals surface area contributed by atoms with Crippen LogP contribution in [0.1, 0.15) is 18.9 Å². The summed E-state index contributed by atoms with van der Waals surface area (Å²) in [6.07, 6.45) is 1.25. The molecule has 88 valence electrons. The third-order valence-electron chi connectivity index (χ3n) is 2.01. The van der Waals surface area contributed by atoms with Gasteiger partial charge in [0, 0.05) is 10.9 Å². The summed E-state index contributed by atoms with van der Waals surface area (Å²) in [5, 5.41) is 0. The van der Waals surface area contributed by atoms with Gasteiger partial charge in [-0.3, -0.25) is 4.79 Å². The van der Waals surface area contributed by atoms with E-state index in [1.807, 2.05) is 0 Å². The summed E-state index contributed by atoms with van der Waals surface area (Å²) in [5.41, 5.74) is 0.477. The molecule has 0 saturated heterocycles. The van der Waals surface area contributed by atoms with Gasteiger partial charge in [-0.2, -0.15) is 11.8 Å². The van der Waals surface area contributed by atoms with Crippen molar-refractivity contribution < 1.29 is 9.18 Å². The molecule has 0 aliphatic rings. The summed E-state index contributed by atoms with van der Waals surface area (Å²) in [6.45, 7) is 2.08. The molecule has 0 amide bonds. The molecule has 0 heterocycles. The second-order valence-electron chi connectivity index (χ2n) is 3.50. The Balaban J connectivity index is 2.49. The van der Waals surface area contributed by atoms with Crippen molar-refractivity contribution in [3.8, 4) is 0 Å². The number of ketones is 1. The van der Waals surface area contributed by atoms with Crippen LogP contribution in [0.4, 0.5) is 4.39 Å². The van der Waals surface area contributed by atoms with Crippen molar-refractivity contribution in [2.45, 2.75) is 19.8 Å². The molecule has 0 radical (unpaired) electrons. The van der Waals surface area contributed by atoms with Crippen LogP contribution in [0.2, 0.25) is 0 Å². The lowest BCUT2D eigenvalue weighted by atomic mass is 10.1. The molecular weight excluding hydrogens is 291 g/mol. The maximum absolute atomic E-state index is 13.4. The van der Waals surface area contributed by atoms with Crippen molar-refractivity contribution in [1.29, 1.82) is 0 Å². The molecule has 0 bridgehead atoms. The predicted molar refractivity (Wildman–Crippen MR) is 70.4 cm³/mol. The van der Waals surface area contributed by atoms with Gasteiger partial charge < -0.3 is 0 Å². The summed E-state index contributed by atoms with van der Waals surface area (Å²) in [4.78, 5) is 11.5. The number of halogens is 2. The molecule has 0 fully saturated rings. The maximum atomic E-state index is 13.4. The Kier molecular flexibility index (Phi) is 6.06. The molecule has 1 rings (SSSR count). The van der Waals surface area contributed by atoms with Gasteiger partial charge in [-0.15, -0.1) is 0 Å². The van der Waals surface area contributed by atoms with Gasteiger partial charge >= 0.3 is 0 Å². The first-order chi connectivity index (χ1) is 7.63. The van der Waals surface area contributed by atoms with E-state index in [1.54, 1.807) is 23.9 Å². The summed E-state index contributed by atoms with van der Waals surface area (Å²) in [7, 11) is 0. The number of Topliss-reactive ketones (excluding diaryl/α,β-unsaturated/α-hetero) is 1. The highest BCUT2D eigenvalue weighted by Gasteiger charge is 2.08. The molecule has 1 nitrogen and oxygen atoms in total. The summed E-state index contributed by atoms with van der Waals surface area (Å²) >= 11 is 4.79. The maximum Gasteiger partial charge on any atom is 0.147 e. The number of hydrogen-bond donors (Lipinski definition) is 0. The monoisotopic (exact) mass is 304 g/mol. The number of rotatable bonds is 6. The molecule has 0 aromatic heterocycles. The van der Waals surface area contributed by atoms with E-state index in [4.69, 9.17) is 0 Å². The van der Waals surface area contributed by atoms with Gasteiger partial charge in [-0.25, -0.2) is 4.39 Å². The molecule has 0 unspecified atom stereocenters. The largest absolute Gasteiger partial charge is 0.298 e. The van der Waals surface area contributed by atoms with Gasteiger partial charge in [0.05, 0.1) is 5.75 Å². The van der Waals surface area contributed by atoms with Crippen LogP contribution in [0.5, 0.6) is 0 Å². The number of thioether (sulfide) groups is 1. The summed E-state index contributed by atoms with van der Waals surface area (Å²) in [6, 6.07) is 4.80. The molecule has 4 heteroatoms. The summed E-state index contributed by atoms with van der Waals surface area (Å²) < 4.78 is 14.1. The minimum absolute atomic E-state index is 0.0830. The van der Waals surface area contributed by atoms with Gasteiger partial charge in [0.15, 0.2) is 0 Å². The van der Waals surface area contributed by atoms with E-state index in [0.717, 1.165) is 12.2 Å². The predicted octanol–water partition coefficient (Wildman–Crippen LogP) is 3.84. The molecule has 0 N–H and O–H groups in total. The normalized spacial score (nSPS) is 10.4. The Labute approximate surface area is 108 Å². The molecule has 16 heavy (non-hydrogen) atoms. The van der Waals surface area contributed by atoms with E-state index in [2.05, 4.69) is 22.9 Å². The highest BCUT2D eigenvalue weighted by molar-refractivity contribution is 9.10. The Morgan fingerprint density at radius 1 is 1.50 bits per heavy atom. The third kappa shape index (κ3) is 4.66. The molecule has 0 saturated carbocycles. The molecular formula is C12H14BrFOS. The van der Waals surface area contributed by atoms with E-state index in [0.29, 0.717) is 15.8 Å². The van der Waals surface area contributed by atoms with Crippen molar-refractivity contribution in [3.63, 3.8) is 0 Å². The SMILES string of the molecule is CCCSCC(=O)Cc1ccc(Br)cc1F. The fourth-order valence-electron chi connectivity index (χ4n) is 1.26. The van der Waals surface area contributed by atoms with Crippen LogP contribution in [-0.4, -0.2) is 17.3 Å². The van der Waals surface area contributed by atoms with E-state index < -0.39 is 0 Å². The Bertz CT molecular complexity index is 368. The van der Waals surface area contributed by atoms with Crippen LogP contribution in [0, 0.1) is 5.82 Å². The number of hydrogen-bond acceptors (Lipinski definition) is 2. The number of carbonyl (C=O) groups excluding carboxylic acids is 1. The first-order valence-corrected chi connectivity index (χ1v) is 7.11. The minimum Gasteiger partial charge on any atom is -0.298 e. The average molecular weight is 305 g/mol. The Morgan fingerprint density at radius 2 is 2.25 bits per heavy atom. The lowest BCUT2D eigenvalue weighted by Gasteiger charge is -2.03. The third-order valence-corrected chi connectivity index (χ3v) is 3.73. The molecule has 1 aromatic rings. The van der Waals surface area contributed by atoms with Gasteiger partial charge in [-0.1, -0.05) is 28.9 Å². The number of carbonyl (C=O) groups is 1. The summed E-state index contributed by atoms with van der Waals surface area (Å²) in [5.74, 6) is 1.22. The zero-order valence-electron chi connectivity index (χ0n) is 9.13. The van der Waals surface area contributed by atoms with Gasteiger partial charge in [-0.05, 0) is 29.9 Å². The Morgan fingerprint density at radius 3 is 2.88 bits per heavy atom. The van der Waals surface area contributed by atoms with E-state index in [-0.39, 0.29) is 18.0 Å². The van der Waals surface area contributed by atoms with Crippen LogP contribution < -0.4 is 0 Å². The molecule has 0 aliphatic carbocycles. The van der Waals surface area contributed by atoms with Crippen LogP contribution in [0.25, 0.3) is 0 Å². The highest BCUT2D eigenvalue weighted by Crippen LogP contribution is 2.16. The topological polar surface area (TPSA) is 17.1 Å². The Hall–Kier alpha value is -0.350. The van der Waals surface area contributed by atoms with Gasteiger partial charge in [0.2, 0.25) is 0 Å². The molecule has 1 aromatic carbocycles. The first kappa shape index (κ1) is 13.7. The first-order valence-electron chi connectivity index (χ1n) is 5.17. The van der Waals surface area contributed by atoms with E-state index >= 15 is 0 Å². The molecule has 0 aliphatic heterocycles. The van der Waals surface area contributed by atoms with Crippen LogP contribution >= 0.6 is 27.7 Å². The van der Waals surface area contributed by atoms with Crippen LogP contribution in [0.15, 0.2) is 22.7 Å². The fourth-order valence-corrected chi connectivity index (χ4v) is 2.35. The minimum atomic E-state index is -0.316. The second kappa shape index (κ2) is 7.07. The van der Waals surface area contributed by atoms with Crippen molar-refractivity contribution in [3.05, 3.63) is 34.1 Å². The van der Waals surface area contributed by atoms with Crippen LogP contribution in [0.3, 0.4) is 0 Å². The van der Waals surface area contributed by atoms with Crippen molar-refractivity contribution >= 4 is 33.5 Å². The smallest absolute Gasteiger partial charge is 0.147 e. The fraction of sp³-hybridized carbons (Fsp3) is 0.417. The van der Waals surface area contributed by atoms with Crippen molar-refractivity contribution in [1.82, 2.24) is 0 Å². The van der Waals surface area contributed by atoms with Crippen molar-refractivity contribution in [2.24, 2.45) is 0 Å². The van der Waals surface area contributed by atoms with Crippen LogP contribution in [-0.2, 0) is 11.2 Å². The quantitative estimate of drug-likeness (QED) is 0.743. The zero-order valence-corrected chi connectivity index (χ0v) is 11.5. The molecule has 0 spiro atoms. The van der Waals surface area contributed by atoms with E-state index in [1.165, 1.54) is 6.07 Å². The van der Waals surface area contributed by atoms with Gasteiger partial charge in [0.25, 0.3) is 0 Å².